The first-order valence-corrected chi connectivity index (χ1v) is 6.97. The van der Waals surface area contributed by atoms with Crippen LogP contribution in [0.5, 0.6) is 0 Å². The van der Waals surface area contributed by atoms with E-state index >= 15 is 0 Å². The Morgan fingerprint density at radius 2 is 1.88 bits per heavy atom. The molecule has 1 aromatic rings. The van der Waals surface area contributed by atoms with Gasteiger partial charge in [0.25, 0.3) is 0 Å². The standard InChI is InChI=1S/C15H23NS/c1-12-9-10-16(15(2,3)17)14(11-12)13-7-5-4-6-8-13/h4-8,12,14,17H,9-11H2,1-3H3/t12-,14+/m1/s1. The second-order valence-corrected chi connectivity index (χ2v) is 6.84. The molecule has 2 rings (SSSR count). The van der Waals surface area contributed by atoms with Crippen molar-refractivity contribution >= 4 is 12.6 Å². The molecular weight excluding hydrogens is 226 g/mol. The summed E-state index contributed by atoms with van der Waals surface area (Å²) in [6.45, 7) is 7.90. The number of rotatable bonds is 2. The molecule has 1 fully saturated rings. The highest BCUT2D eigenvalue weighted by Gasteiger charge is 2.34. The fourth-order valence-corrected chi connectivity index (χ4v) is 3.03. The van der Waals surface area contributed by atoms with Crippen molar-refractivity contribution in [3.05, 3.63) is 35.9 Å². The van der Waals surface area contributed by atoms with Crippen LogP contribution in [-0.4, -0.2) is 16.3 Å². The summed E-state index contributed by atoms with van der Waals surface area (Å²) >= 11 is 4.76. The molecule has 0 saturated carbocycles. The molecule has 0 bridgehead atoms. The predicted molar refractivity (Wildman–Crippen MR) is 77.4 cm³/mol. The van der Waals surface area contributed by atoms with Crippen molar-refractivity contribution in [1.82, 2.24) is 4.90 Å². The molecular formula is C15H23NS. The molecule has 94 valence electrons. The van der Waals surface area contributed by atoms with Crippen LogP contribution < -0.4 is 0 Å². The first-order valence-electron chi connectivity index (χ1n) is 6.52. The predicted octanol–water partition coefficient (Wildman–Crippen LogP) is 4.13. The molecule has 0 aliphatic carbocycles. The van der Waals surface area contributed by atoms with Crippen LogP contribution in [0.3, 0.4) is 0 Å². The van der Waals surface area contributed by atoms with E-state index in [-0.39, 0.29) is 4.87 Å². The number of thiol groups is 1. The molecule has 0 unspecified atom stereocenters. The van der Waals surface area contributed by atoms with Crippen molar-refractivity contribution in [3.8, 4) is 0 Å². The first kappa shape index (κ1) is 13.0. The Kier molecular flexibility index (Phi) is 3.84. The van der Waals surface area contributed by atoms with Crippen molar-refractivity contribution in [2.24, 2.45) is 5.92 Å². The van der Waals surface area contributed by atoms with Gasteiger partial charge in [0.15, 0.2) is 0 Å². The zero-order valence-electron chi connectivity index (χ0n) is 11.1. The quantitative estimate of drug-likeness (QED) is 0.771. The second kappa shape index (κ2) is 5.03. The summed E-state index contributed by atoms with van der Waals surface area (Å²) in [5.41, 5.74) is 1.43. The van der Waals surface area contributed by atoms with Crippen LogP contribution in [-0.2, 0) is 0 Å². The number of piperidine rings is 1. The lowest BCUT2D eigenvalue weighted by molar-refractivity contribution is 0.0710. The highest BCUT2D eigenvalue weighted by atomic mass is 32.1. The Balaban J connectivity index is 2.26. The summed E-state index contributed by atoms with van der Waals surface area (Å²) in [7, 11) is 0. The topological polar surface area (TPSA) is 3.24 Å². The average Bonchev–Trinajstić information content (AvgIpc) is 2.28. The molecule has 1 saturated heterocycles. The van der Waals surface area contributed by atoms with E-state index in [9.17, 15) is 0 Å². The van der Waals surface area contributed by atoms with Crippen LogP contribution in [0.4, 0.5) is 0 Å². The van der Waals surface area contributed by atoms with E-state index in [4.69, 9.17) is 12.6 Å². The fraction of sp³-hybridized carbons (Fsp3) is 0.600. The van der Waals surface area contributed by atoms with Crippen LogP contribution in [0.15, 0.2) is 30.3 Å². The van der Waals surface area contributed by atoms with E-state index in [1.165, 1.54) is 18.4 Å². The Morgan fingerprint density at radius 1 is 1.24 bits per heavy atom. The smallest absolute Gasteiger partial charge is 0.0588 e. The maximum Gasteiger partial charge on any atom is 0.0588 e. The largest absolute Gasteiger partial charge is 0.283 e. The molecule has 17 heavy (non-hydrogen) atoms. The SMILES string of the molecule is C[C@@H]1CCN(C(C)(C)S)[C@H](c2ccccc2)C1. The third-order valence-electron chi connectivity index (χ3n) is 3.75. The maximum absolute atomic E-state index is 4.76. The summed E-state index contributed by atoms with van der Waals surface area (Å²) in [4.78, 5) is 2.49. The highest BCUT2D eigenvalue weighted by molar-refractivity contribution is 7.81. The summed E-state index contributed by atoms with van der Waals surface area (Å²) in [6.07, 6.45) is 2.53. The van der Waals surface area contributed by atoms with Gasteiger partial charge in [0.05, 0.1) is 4.87 Å². The first-order chi connectivity index (χ1) is 7.98. The van der Waals surface area contributed by atoms with Crippen LogP contribution in [0, 0.1) is 5.92 Å². The number of nitrogens with zero attached hydrogens (tertiary/aromatic N) is 1. The Morgan fingerprint density at radius 3 is 2.47 bits per heavy atom. The molecule has 0 aromatic heterocycles. The Labute approximate surface area is 111 Å². The Bertz CT molecular complexity index is 355. The lowest BCUT2D eigenvalue weighted by Crippen LogP contribution is -2.46. The minimum Gasteiger partial charge on any atom is -0.283 e. The summed E-state index contributed by atoms with van der Waals surface area (Å²) in [6, 6.07) is 11.4. The van der Waals surface area contributed by atoms with Gasteiger partial charge in [0, 0.05) is 12.6 Å². The summed E-state index contributed by atoms with van der Waals surface area (Å²) < 4.78 is 0. The van der Waals surface area contributed by atoms with Crippen molar-refractivity contribution in [2.75, 3.05) is 6.54 Å². The van der Waals surface area contributed by atoms with Gasteiger partial charge in [-0.25, -0.2) is 0 Å². The van der Waals surface area contributed by atoms with Crippen LogP contribution in [0.2, 0.25) is 0 Å². The molecule has 1 aliphatic heterocycles. The highest BCUT2D eigenvalue weighted by Crippen LogP contribution is 2.39. The van der Waals surface area contributed by atoms with Gasteiger partial charge in [-0.1, -0.05) is 37.3 Å². The van der Waals surface area contributed by atoms with Crippen molar-refractivity contribution in [3.63, 3.8) is 0 Å². The van der Waals surface area contributed by atoms with Gasteiger partial charge >= 0.3 is 0 Å². The zero-order valence-corrected chi connectivity index (χ0v) is 12.0. The molecule has 2 atom stereocenters. The third kappa shape index (κ3) is 3.05. The minimum atomic E-state index is -0.0410. The molecule has 1 aliphatic rings. The van der Waals surface area contributed by atoms with Gasteiger partial charge in [0.2, 0.25) is 0 Å². The molecule has 0 N–H and O–H groups in total. The lowest BCUT2D eigenvalue weighted by atomic mass is 9.87. The third-order valence-corrected chi connectivity index (χ3v) is 4.01. The second-order valence-electron chi connectivity index (χ2n) is 5.74. The van der Waals surface area contributed by atoms with E-state index in [2.05, 4.69) is 56.0 Å². The van der Waals surface area contributed by atoms with E-state index in [0.717, 1.165) is 12.5 Å². The zero-order chi connectivity index (χ0) is 12.5. The molecule has 1 aromatic carbocycles. The minimum absolute atomic E-state index is 0.0410. The average molecular weight is 249 g/mol. The van der Waals surface area contributed by atoms with E-state index in [0.29, 0.717) is 6.04 Å². The van der Waals surface area contributed by atoms with E-state index in [1.54, 1.807) is 0 Å². The normalized spacial score (nSPS) is 27.1. The fourth-order valence-electron chi connectivity index (χ4n) is 2.79. The van der Waals surface area contributed by atoms with Gasteiger partial charge in [-0.3, -0.25) is 4.90 Å². The van der Waals surface area contributed by atoms with Gasteiger partial charge in [-0.2, -0.15) is 12.6 Å². The monoisotopic (exact) mass is 249 g/mol. The molecule has 0 radical (unpaired) electrons. The number of hydrogen-bond donors (Lipinski definition) is 1. The molecule has 0 spiro atoms. The van der Waals surface area contributed by atoms with E-state index in [1.807, 2.05) is 0 Å². The summed E-state index contributed by atoms with van der Waals surface area (Å²) in [5.74, 6) is 0.812. The van der Waals surface area contributed by atoms with E-state index < -0.39 is 0 Å². The van der Waals surface area contributed by atoms with Gasteiger partial charge in [0.1, 0.15) is 0 Å². The molecule has 1 heterocycles. The molecule has 2 heteroatoms. The van der Waals surface area contributed by atoms with Gasteiger partial charge in [-0.15, -0.1) is 0 Å². The van der Waals surface area contributed by atoms with Crippen LogP contribution in [0.25, 0.3) is 0 Å². The number of benzene rings is 1. The number of likely N-dealkylation sites (tertiary alicyclic amines) is 1. The number of hydrogen-bond acceptors (Lipinski definition) is 2. The van der Waals surface area contributed by atoms with Gasteiger partial charge in [-0.05, 0) is 38.2 Å². The van der Waals surface area contributed by atoms with Crippen molar-refractivity contribution in [2.45, 2.75) is 44.5 Å². The van der Waals surface area contributed by atoms with Gasteiger partial charge < -0.3 is 0 Å². The molecule has 0 amide bonds. The van der Waals surface area contributed by atoms with Crippen LogP contribution >= 0.6 is 12.6 Å². The Hall–Kier alpha value is -0.470. The maximum atomic E-state index is 4.76. The van der Waals surface area contributed by atoms with Crippen LogP contribution in [0.1, 0.15) is 45.2 Å². The molecule has 1 nitrogen and oxygen atoms in total. The lowest BCUT2D eigenvalue weighted by Gasteiger charge is -2.46. The summed E-state index contributed by atoms with van der Waals surface area (Å²) in [5, 5.41) is 0. The van der Waals surface area contributed by atoms with Crippen molar-refractivity contribution in [1.29, 1.82) is 0 Å². The van der Waals surface area contributed by atoms with Crippen molar-refractivity contribution < 1.29 is 0 Å².